The molecular weight excluding hydrogens is 205 g/mol. The summed E-state index contributed by atoms with van der Waals surface area (Å²) in [5.74, 6) is -0.192. The van der Waals surface area contributed by atoms with Crippen molar-refractivity contribution in [3.63, 3.8) is 0 Å². The van der Waals surface area contributed by atoms with Crippen LogP contribution in [0.25, 0.3) is 0 Å². The molecule has 0 heterocycles. The Morgan fingerprint density at radius 2 is 2.12 bits per heavy atom. The first-order valence-corrected chi connectivity index (χ1v) is 5.81. The van der Waals surface area contributed by atoms with Crippen LogP contribution in [0.3, 0.4) is 0 Å². The average molecular weight is 223 g/mol. The van der Waals surface area contributed by atoms with Crippen LogP contribution in [0.4, 0.5) is 4.39 Å². The lowest BCUT2D eigenvalue weighted by atomic mass is 9.80. The zero-order chi connectivity index (χ0) is 11.6. The smallest absolute Gasteiger partial charge is 0.127 e. The maximum absolute atomic E-state index is 13.5. The Labute approximate surface area is 95.5 Å². The average Bonchev–Trinajstić information content (AvgIpc) is 2.24. The van der Waals surface area contributed by atoms with Crippen LogP contribution < -0.4 is 5.32 Å². The van der Waals surface area contributed by atoms with E-state index >= 15 is 0 Å². The molecule has 3 heteroatoms. The van der Waals surface area contributed by atoms with Crippen molar-refractivity contribution in [1.29, 1.82) is 0 Å². The van der Waals surface area contributed by atoms with Crippen molar-refractivity contribution in [3.05, 3.63) is 35.6 Å². The summed E-state index contributed by atoms with van der Waals surface area (Å²) in [7, 11) is 0. The minimum absolute atomic E-state index is 0.0641. The zero-order valence-electron chi connectivity index (χ0n) is 9.54. The molecule has 2 nitrogen and oxygen atoms in total. The molecular formula is C13H18FNO. The Bertz CT molecular complexity index is 363. The fraction of sp³-hybridized carbons (Fsp3) is 0.538. The molecule has 0 saturated heterocycles. The van der Waals surface area contributed by atoms with Crippen LogP contribution in [0.5, 0.6) is 0 Å². The molecule has 0 amide bonds. The molecule has 1 aromatic rings. The quantitative estimate of drug-likeness (QED) is 0.821. The van der Waals surface area contributed by atoms with Gasteiger partial charge < -0.3 is 10.4 Å². The second-order valence-corrected chi connectivity index (χ2v) is 4.70. The van der Waals surface area contributed by atoms with Crippen molar-refractivity contribution >= 4 is 0 Å². The first-order valence-electron chi connectivity index (χ1n) is 5.81. The lowest BCUT2D eigenvalue weighted by Gasteiger charge is -2.37. The summed E-state index contributed by atoms with van der Waals surface area (Å²) >= 11 is 0. The fourth-order valence-corrected chi connectivity index (χ4v) is 2.04. The maximum atomic E-state index is 13.5. The minimum Gasteiger partial charge on any atom is -0.389 e. The summed E-state index contributed by atoms with van der Waals surface area (Å²) in [6, 6.07) is 6.69. The van der Waals surface area contributed by atoms with Crippen molar-refractivity contribution in [3.8, 4) is 0 Å². The first kappa shape index (κ1) is 11.6. The van der Waals surface area contributed by atoms with E-state index in [1.54, 1.807) is 12.1 Å². The lowest BCUT2D eigenvalue weighted by molar-refractivity contribution is -0.0329. The molecule has 16 heavy (non-hydrogen) atoms. The molecule has 0 bridgehead atoms. The number of nitrogens with one attached hydrogen (secondary N) is 1. The van der Waals surface area contributed by atoms with Crippen LogP contribution in [-0.2, 0) is 0 Å². The summed E-state index contributed by atoms with van der Waals surface area (Å²) in [6.07, 6.45) is 2.79. The van der Waals surface area contributed by atoms with Gasteiger partial charge in [-0.3, -0.25) is 0 Å². The van der Waals surface area contributed by atoms with E-state index in [0.717, 1.165) is 19.3 Å². The molecule has 0 aliphatic heterocycles. The monoisotopic (exact) mass is 223 g/mol. The molecule has 0 aromatic heterocycles. The summed E-state index contributed by atoms with van der Waals surface area (Å²) < 4.78 is 13.5. The van der Waals surface area contributed by atoms with E-state index in [0.29, 0.717) is 12.1 Å². The topological polar surface area (TPSA) is 32.3 Å². The van der Waals surface area contributed by atoms with Gasteiger partial charge in [-0.1, -0.05) is 18.2 Å². The van der Waals surface area contributed by atoms with Gasteiger partial charge in [0, 0.05) is 18.2 Å². The van der Waals surface area contributed by atoms with Gasteiger partial charge in [0.1, 0.15) is 5.82 Å². The highest BCUT2D eigenvalue weighted by molar-refractivity contribution is 5.20. The van der Waals surface area contributed by atoms with Gasteiger partial charge in [0.05, 0.1) is 5.60 Å². The zero-order valence-corrected chi connectivity index (χ0v) is 9.54. The van der Waals surface area contributed by atoms with Crippen molar-refractivity contribution in [2.75, 3.05) is 6.54 Å². The molecule has 1 aromatic carbocycles. The van der Waals surface area contributed by atoms with E-state index < -0.39 is 5.60 Å². The normalized spacial score (nSPS) is 20.2. The third-order valence-electron chi connectivity index (χ3n) is 3.39. The van der Waals surface area contributed by atoms with Crippen LogP contribution in [0.2, 0.25) is 0 Å². The van der Waals surface area contributed by atoms with Gasteiger partial charge in [-0.2, -0.15) is 0 Å². The maximum Gasteiger partial charge on any atom is 0.127 e. The van der Waals surface area contributed by atoms with Gasteiger partial charge in [-0.25, -0.2) is 4.39 Å². The number of hydrogen-bond acceptors (Lipinski definition) is 2. The molecule has 1 aliphatic carbocycles. The Morgan fingerprint density at radius 1 is 1.44 bits per heavy atom. The number of benzene rings is 1. The third kappa shape index (κ3) is 2.42. The molecule has 1 aliphatic rings. The van der Waals surface area contributed by atoms with Gasteiger partial charge in [0.25, 0.3) is 0 Å². The summed E-state index contributed by atoms with van der Waals surface area (Å²) in [4.78, 5) is 0. The molecule has 1 saturated carbocycles. The highest BCUT2D eigenvalue weighted by atomic mass is 19.1. The second-order valence-electron chi connectivity index (χ2n) is 4.70. The SMILES string of the molecule is CC(NCC1(O)CCC1)c1ccccc1F. The lowest BCUT2D eigenvalue weighted by Crippen LogP contribution is -2.46. The van der Waals surface area contributed by atoms with E-state index in [2.05, 4.69) is 5.32 Å². The van der Waals surface area contributed by atoms with Gasteiger partial charge in [0.2, 0.25) is 0 Å². The van der Waals surface area contributed by atoms with Crippen molar-refractivity contribution in [2.24, 2.45) is 0 Å². The number of aliphatic hydroxyl groups is 1. The highest BCUT2D eigenvalue weighted by Gasteiger charge is 2.34. The highest BCUT2D eigenvalue weighted by Crippen LogP contribution is 2.31. The molecule has 0 spiro atoms. The standard InChI is InChI=1S/C13H18FNO/c1-10(11-5-2-3-6-12(11)14)15-9-13(16)7-4-8-13/h2-3,5-6,10,15-16H,4,7-9H2,1H3. The molecule has 1 unspecified atom stereocenters. The molecule has 2 N–H and O–H groups in total. The van der Waals surface area contributed by atoms with Crippen molar-refractivity contribution < 1.29 is 9.50 Å². The summed E-state index contributed by atoms with van der Waals surface area (Å²) in [5, 5.41) is 13.1. The van der Waals surface area contributed by atoms with E-state index in [4.69, 9.17) is 0 Å². The van der Waals surface area contributed by atoms with Gasteiger partial charge >= 0.3 is 0 Å². The molecule has 1 atom stereocenters. The Morgan fingerprint density at radius 3 is 2.69 bits per heavy atom. The van der Waals surface area contributed by atoms with Crippen LogP contribution in [0.15, 0.2) is 24.3 Å². The van der Waals surface area contributed by atoms with Crippen molar-refractivity contribution in [2.45, 2.75) is 37.8 Å². The van der Waals surface area contributed by atoms with Crippen LogP contribution >= 0.6 is 0 Å². The van der Waals surface area contributed by atoms with Crippen molar-refractivity contribution in [1.82, 2.24) is 5.32 Å². The molecule has 2 rings (SSSR count). The van der Waals surface area contributed by atoms with Gasteiger partial charge in [0.15, 0.2) is 0 Å². The second kappa shape index (κ2) is 4.52. The Balaban J connectivity index is 1.93. The minimum atomic E-state index is -0.556. The fourth-order valence-electron chi connectivity index (χ4n) is 2.04. The van der Waals surface area contributed by atoms with Crippen LogP contribution in [0.1, 0.15) is 37.8 Å². The van der Waals surface area contributed by atoms with E-state index in [9.17, 15) is 9.50 Å². The molecule has 1 fully saturated rings. The Kier molecular flexibility index (Phi) is 3.26. The van der Waals surface area contributed by atoms with Crippen LogP contribution in [-0.4, -0.2) is 17.3 Å². The van der Waals surface area contributed by atoms with E-state index in [-0.39, 0.29) is 11.9 Å². The molecule has 0 radical (unpaired) electrons. The van der Waals surface area contributed by atoms with Gasteiger partial charge in [-0.15, -0.1) is 0 Å². The van der Waals surface area contributed by atoms with Gasteiger partial charge in [-0.05, 0) is 32.3 Å². The first-order chi connectivity index (χ1) is 7.61. The summed E-state index contributed by atoms with van der Waals surface area (Å²) in [5.41, 5.74) is 0.102. The predicted molar refractivity (Wildman–Crippen MR) is 61.6 cm³/mol. The number of hydrogen-bond donors (Lipinski definition) is 2. The van der Waals surface area contributed by atoms with E-state index in [1.165, 1.54) is 6.07 Å². The largest absolute Gasteiger partial charge is 0.389 e. The molecule has 88 valence electrons. The van der Waals surface area contributed by atoms with E-state index in [1.807, 2.05) is 13.0 Å². The number of rotatable bonds is 4. The Hall–Kier alpha value is -0.930. The third-order valence-corrected chi connectivity index (χ3v) is 3.39. The van der Waals surface area contributed by atoms with Crippen LogP contribution in [0, 0.1) is 5.82 Å². The number of halogens is 1. The predicted octanol–water partition coefficient (Wildman–Crippen LogP) is 2.39. The summed E-state index contributed by atoms with van der Waals surface area (Å²) in [6.45, 7) is 2.46.